The molecule has 0 aromatic carbocycles. The average Bonchev–Trinajstić information content (AvgIpc) is 2.26. The summed E-state index contributed by atoms with van der Waals surface area (Å²) in [5.41, 5.74) is 5.40. The minimum absolute atomic E-state index is 0.103. The van der Waals surface area contributed by atoms with Crippen LogP contribution in [0.25, 0.3) is 0 Å². The quantitative estimate of drug-likeness (QED) is 0.740. The van der Waals surface area contributed by atoms with Crippen LogP contribution in [0, 0.1) is 0 Å². The van der Waals surface area contributed by atoms with Crippen molar-refractivity contribution in [1.82, 2.24) is 9.80 Å². The summed E-state index contributed by atoms with van der Waals surface area (Å²) >= 11 is 4.78. The summed E-state index contributed by atoms with van der Waals surface area (Å²) in [6.07, 6.45) is 4.08. The van der Waals surface area contributed by atoms with Gasteiger partial charge in [-0.1, -0.05) is 12.2 Å². The molecule has 2 amide bonds. The number of carbonyl (C=O) groups is 1. The van der Waals surface area contributed by atoms with E-state index in [9.17, 15) is 4.79 Å². The second-order valence-corrected chi connectivity index (χ2v) is 4.49. The van der Waals surface area contributed by atoms with E-state index in [2.05, 4.69) is 0 Å². The van der Waals surface area contributed by atoms with Crippen LogP contribution >= 0.6 is 12.2 Å². The van der Waals surface area contributed by atoms with Gasteiger partial charge in [0.2, 0.25) is 0 Å². The molecule has 4 nitrogen and oxygen atoms in total. The number of nitrogens with two attached hydrogens (primary N) is 1. The maximum Gasteiger partial charge on any atom is 0.319 e. The Kier molecular flexibility index (Phi) is 4.81. The van der Waals surface area contributed by atoms with Crippen LogP contribution in [0.4, 0.5) is 4.79 Å². The molecule has 0 aliphatic carbocycles. The van der Waals surface area contributed by atoms with Crippen molar-refractivity contribution in [3.05, 3.63) is 0 Å². The molecular weight excluding hydrogens is 210 g/mol. The van der Waals surface area contributed by atoms with Gasteiger partial charge in [-0.2, -0.15) is 0 Å². The van der Waals surface area contributed by atoms with Crippen molar-refractivity contribution < 1.29 is 4.79 Å². The third-order valence-corrected chi connectivity index (χ3v) is 2.85. The van der Waals surface area contributed by atoms with Crippen LogP contribution in [0.3, 0.4) is 0 Å². The number of urea groups is 1. The number of likely N-dealkylation sites (tertiary alicyclic amines) is 1. The zero-order valence-electron chi connectivity index (χ0n) is 9.24. The van der Waals surface area contributed by atoms with Gasteiger partial charge in [0.15, 0.2) is 0 Å². The van der Waals surface area contributed by atoms with E-state index < -0.39 is 0 Å². The first-order valence-corrected chi connectivity index (χ1v) is 5.80. The predicted octanol–water partition coefficient (Wildman–Crippen LogP) is 1.20. The van der Waals surface area contributed by atoms with E-state index in [1.165, 1.54) is 6.42 Å². The summed E-state index contributed by atoms with van der Waals surface area (Å²) in [5.74, 6) is 0. The Labute approximate surface area is 96.4 Å². The summed E-state index contributed by atoms with van der Waals surface area (Å²) in [6, 6.07) is 0.103. The lowest BCUT2D eigenvalue weighted by molar-refractivity contribution is 0.154. The maximum absolute atomic E-state index is 11.9. The van der Waals surface area contributed by atoms with Crippen molar-refractivity contribution in [2.75, 3.05) is 26.7 Å². The van der Waals surface area contributed by atoms with Gasteiger partial charge in [-0.25, -0.2) is 4.79 Å². The highest BCUT2D eigenvalue weighted by molar-refractivity contribution is 7.80. The molecule has 0 radical (unpaired) electrons. The maximum atomic E-state index is 11.9. The fraction of sp³-hybridized carbons (Fsp3) is 0.800. The van der Waals surface area contributed by atoms with Gasteiger partial charge < -0.3 is 15.5 Å². The topological polar surface area (TPSA) is 49.6 Å². The molecule has 0 aromatic rings. The number of carbonyl (C=O) groups excluding carboxylic acids is 1. The molecule has 2 N–H and O–H groups in total. The number of thiocarbonyl (C=S) groups is 1. The van der Waals surface area contributed by atoms with Crippen LogP contribution < -0.4 is 5.73 Å². The summed E-state index contributed by atoms with van der Waals surface area (Å²) in [6.45, 7) is 2.39. The molecular formula is C10H19N3OS. The monoisotopic (exact) mass is 229 g/mol. The number of hydrogen-bond donors (Lipinski definition) is 1. The molecule has 0 saturated carbocycles. The van der Waals surface area contributed by atoms with Gasteiger partial charge in [0.05, 0.1) is 4.99 Å². The number of rotatable bonds is 3. The highest BCUT2D eigenvalue weighted by atomic mass is 32.1. The minimum Gasteiger partial charge on any atom is -0.393 e. The third kappa shape index (κ3) is 4.03. The molecule has 0 atom stereocenters. The van der Waals surface area contributed by atoms with E-state index in [-0.39, 0.29) is 6.03 Å². The smallest absolute Gasteiger partial charge is 0.319 e. The molecule has 1 saturated heterocycles. The molecule has 5 heteroatoms. The normalized spacial score (nSPS) is 16.2. The van der Waals surface area contributed by atoms with Crippen molar-refractivity contribution in [3.8, 4) is 0 Å². The van der Waals surface area contributed by atoms with E-state index in [1.807, 2.05) is 4.90 Å². The predicted molar refractivity (Wildman–Crippen MR) is 64.9 cm³/mol. The Morgan fingerprint density at radius 1 is 1.40 bits per heavy atom. The van der Waals surface area contributed by atoms with Crippen molar-refractivity contribution in [2.45, 2.75) is 25.7 Å². The fourth-order valence-corrected chi connectivity index (χ4v) is 1.79. The second kappa shape index (κ2) is 5.90. The Balaban J connectivity index is 2.33. The second-order valence-electron chi connectivity index (χ2n) is 3.97. The van der Waals surface area contributed by atoms with Crippen LogP contribution in [0.15, 0.2) is 0 Å². The lowest BCUT2D eigenvalue weighted by Crippen LogP contribution is -2.44. The van der Waals surface area contributed by atoms with Crippen molar-refractivity contribution >= 4 is 23.2 Å². The Morgan fingerprint density at radius 2 is 2.00 bits per heavy atom. The lowest BCUT2D eigenvalue weighted by Gasteiger charge is -2.31. The largest absolute Gasteiger partial charge is 0.393 e. The summed E-state index contributed by atoms with van der Waals surface area (Å²) in [7, 11) is 1.80. The first-order chi connectivity index (χ1) is 7.11. The minimum atomic E-state index is 0.103. The molecule has 1 rings (SSSR count). The summed E-state index contributed by atoms with van der Waals surface area (Å²) < 4.78 is 0. The first-order valence-electron chi connectivity index (χ1n) is 5.39. The molecule has 0 unspecified atom stereocenters. The molecule has 1 aliphatic rings. The van der Waals surface area contributed by atoms with Crippen LogP contribution in [-0.2, 0) is 0 Å². The van der Waals surface area contributed by atoms with E-state index in [1.54, 1.807) is 11.9 Å². The lowest BCUT2D eigenvalue weighted by atomic mass is 10.1. The third-order valence-electron chi connectivity index (χ3n) is 2.65. The molecule has 0 bridgehead atoms. The Bertz CT molecular complexity index is 239. The molecule has 1 heterocycles. The molecule has 0 aromatic heterocycles. The van der Waals surface area contributed by atoms with Crippen LogP contribution in [-0.4, -0.2) is 47.5 Å². The van der Waals surface area contributed by atoms with Gasteiger partial charge in [-0.05, 0) is 19.3 Å². The van der Waals surface area contributed by atoms with Gasteiger partial charge >= 0.3 is 6.03 Å². The van der Waals surface area contributed by atoms with Gasteiger partial charge in [0, 0.05) is 33.1 Å². The number of piperidine rings is 1. The molecule has 86 valence electrons. The van der Waals surface area contributed by atoms with E-state index in [0.29, 0.717) is 18.0 Å². The Morgan fingerprint density at radius 3 is 2.53 bits per heavy atom. The van der Waals surface area contributed by atoms with Crippen LogP contribution in [0.5, 0.6) is 0 Å². The van der Waals surface area contributed by atoms with Gasteiger partial charge in [0.1, 0.15) is 0 Å². The SMILES string of the molecule is CN(CCC(N)=S)C(=O)N1CCCCC1. The van der Waals surface area contributed by atoms with Gasteiger partial charge in [0.25, 0.3) is 0 Å². The number of hydrogen-bond acceptors (Lipinski definition) is 2. The zero-order chi connectivity index (χ0) is 11.3. The van der Waals surface area contributed by atoms with Crippen molar-refractivity contribution in [2.24, 2.45) is 5.73 Å². The van der Waals surface area contributed by atoms with Gasteiger partial charge in [-0.3, -0.25) is 0 Å². The standard InChI is InChI=1S/C10H19N3OS/c1-12(8-5-9(11)15)10(14)13-6-3-2-4-7-13/h2-8H2,1H3,(H2,11,15). The van der Waals surface area contributed by atoms with E-state index in [4.69, 9.17) is 18.0 Å². The Hall–Kier alpha value is -0.840. The highest BCUT2D eigenvalue weighted by Crippen LogP contribution is 2.10. The fourth-order valence-electron chi connectivity index (χ4n) is 1.70. The number of amides is 2. The average molecular weight is 229 g/mol. The molecule has 15 heavy (non-hydrogen) atoms. The van der Waals surface area contributed by atoms with Crippen molar-refractivity contribution in [3.63, 3.8) is 0 Å². The first kappa shape index (κ1) is 12.2. The zero-order valence-corrected chi connectivity index (χ0v) is 10.1. The molecule has 1 fully saturated rings. The molecule has 1 aliphatic heterocycles. The van der Waals surface area contributed by atoms with Crippen LogP contribution in [0.2, 0.25) is 0 Å². The van der Waals surface area contributed by atoms with E-state index in [0.717, 1.165) is 25.9 Å². The summed E-state index contributed by atoms with van der Waals surface area (Å²) in [5, 5.41) is 0. The van der Waals surface area contributed by atoms with Crippen LogP contribution in [0.1, 0.15) is 25.7 Å². The van der Waals surface area contributed by atoms with Gasteiger partial charge in [-0.15, -0.1) is 0 Å². The highest BCUT2D eigenvalue weighted by Gasteiger charge is 2.19. The number of nitrogens with zero attached hydrogens (tertiary/aromatic N) is 2. The van der Waals surface area contributed by atoms with E-state index >= 15 is 0 Å². The van der Waals surface area contributed by atoms with Crippen molar-refractivity contribution in [1.29, 1.82) is 0 Å². The summed E-state index contributed by atoms with van der Waals surface area (Å²) in [4.78, 5) is 15.9. The molecule has 0 spiro atoms.